The first-order chi connectivity index (χ1) is 15.0. The molecule has 1 aromatic heterocycles. The van der Waals surface area contributed by atoms with Crippen LogP contribution in [0.3, 0.4) is 0 Å². The van der Waals surface area contributed by atoms with Crippen molar-refractivity contribution >= 4 is 23.5 Å². The van der Waals surface area contributed by atoms with E-state index in [1.165, 1.54) is 0 Å². The van der Waals surface area contributed by atoms with Gasteiger partial charge < -0.3 is 15.2 Å². The molecule has 4 rings (SSSR count). The van der Waals surface area contributed by atoms with Gasteiger partial charge in [0, 0.05) is 17.4 Å². The van der Waals surface area contributed by atoms with Gasteiger partial charge in [0.05, 0.1) is 31.8 Å². The summed E-state index contributed by atoms with van der Waals surface area (Å²) < 4.78 is 5.24. The van der Waals surface area contributed by atoms with E-state index in [0.29, 0.717) is 17.5 Å². The molecule has 2 amide bonds. The maximum atomic E-state index is 13.6. The third-order valence-electron chi connectivity index (χ3n) is 5.62. The van der Waals surface area contributed by atoms with Crippen molar-refractivity contribution in [1.29, 1.82) is 0 Å². The Morgan fingerprint density at radius 2 is 2.06 bits per heavy atom. The zero-order valence-corrected chi connectivity index (χ0v) is 17.9. The first-order valence-electron chi connectivity index (χ1n) is 10.4. The smallest absolute Gasteiger partial charge is 0.331 e. The van der Waals surface area contributed by atoms with E-state index in [1.54, 1.807) is 30.0 Å². The Kier molecular flexibility index (Phi) is 5.90. The molecule has 3 atom stereocenters. The SMILES string of the molecule is COc1ccc(N2C(=O)N([C@@H](C)CO)c3nc(NC4C=CC=CC4)ncc3C2C)cc1. The molecule has 0 radical (unpaired) electrons. The maximum Gasteiger partial charge on any atom is 0.331 e. The summed E-state index contributed by atoms with van der Waals surface area (Å²) in [5, 5.41) is 13.2. The first-order valence-corrected chi connectivity index (χ1v) is 10.4. The number of urea groups is 1. The van der Waals surface area contributed by atoms with Gasteiger partial charge in [-0.1, -0.05) is 24.3 Å². The summed E-state index contributed by atoms with van der Waals surface area (Å²) in [4.78, 5) is 26.0. The number of fused-ring (bicyclic) bond motifs is 1. The lowest BCUT2D eigenvalue weighted by Crippen LogP contribution is -2.54. The molecule has 0 spiro atoms. The fourth-order valence-corrected chi connectivity index (χ4v) is 3.86. The van der Waals surface area contributed by atoms with E-state index in [0.717, 1.165) is 17.7 Å². The molecule has 0 saturated heterocycles. The molecule has 0 fully saturated rings. The number of nitrogens with one attached hydrogen (secondary N) is 1. The van der Waals surface area contributed by atoms with Gasteiger partial charge in [-0.25, -0.2) is 9.78 Å². The van der Waals surface area contributed by atoms with Crippen LogP contribution in [0.1, 0.15) is 31.9 Å². The minimum absolute atomic E-state index is 0.0966. The molecule has 1 aliphatic carbocycles. The van der Waals surface area contributed by atoms with Crippen LogP contribution in [0.4, 0.5) is 22.2 Å². The highest BCUT2D eigenvalue weighted by Crippen LogP contribution is 2.39. The standard InChI is InChI=1S/C23H27N5O3/c1-15(14-29)27-21-20(13-24-22(26-21)25-17-7-5-4-6-8-17)16(2)28(23(27)30)18-9-11-19(31-3)12-10-18/h4-7,9-13,15-17,29H,8,14H2,1-3H3,(H,24,25,26)/t15-,16?,17?/m0/s1. The molecule has 0 bridgehead atoms. The average molecular weight is 422 g/mol. The van der Waals surface area contributed by atoms with Crippen LogP contribution in [-0.4, -0.2) is 46.9 Å². The Labute approximate surface area is 181 Å². The van der Waals surface area contributed by atoms with E-state index in [1.807, 2.05) is 43.3 Å². The van der Waals surface area contributed by atoms with Gasteiger partial charge in [-0.15, -0.1) is 0 Å². The number of aliphatic hydroxyl groups excluding tert-OH is 1. The molecule has 2 aliphatic rings. The zero-order chi connectivity index (χ0) is 22.0. The van der Waals surface area contributed by atoms with E-state index in [2.05, 4.69) is 27.4 Å². The first kappa shape index (κ1) is 20.9. The second-order valence-corrected chi connectivity index (χ2v) is 7.70. The van der Waals surface area contributed by atoms with Gasteiger partial charge in [-0.2, -0.15) is 4.98 Å². The van der Waals surface area contributed by atoms with Gasteiger partial charge in [0.15, 0.2) is 0 Å². The number of allylic oxidation sites excluding steroid dienone is 2. The summed E-state index contributed by atoms with van der Waals surface area (Å²) in [6, 6.07) is 6.47. The van der Waals surface area contributed by atoms with Crippen LogP contribution in [-0.2, 0) is 0 Å². The summed E-state index contributed by atoms with van der Waals surface area (Å²) in [5.74, 6) is 1.70. The van der Waals surface area contributed by atoms with Crippen molar-refractivity contribution in [3.63, 3.8) is 0 Å². The third kappa shape index (κ3) is 3.98. The van der Waals surface area contributed by atoms with Gasteiger partial charge in [0.1, 0.15) is 11.6 Å². The second-order valence-electron chi connectivity index (χ2n) is 7.70. The monoisotopic (exact) mass is 421 g/mol. The highest BCUT2D eigenvalue weighted by Gasteiger charge is 2.40. The molecule has 8 nitrogen and oxygen atoms in total. The van der Waals surface area contributed by atoms with Crippen LogP contribution in [0, 0.1) is 0 Å². The number of ether oxygens (including phenoxy) is 1. The number of aromatic nitrogens is 2. The molecule has 31 heavy (non-hydrogen) atoms. The van der Waals surface area contributed by atoms with Crippen LogP contribution in [0.15, 0.2) is 54.8 Å². The lowest BCUT2D eigenvalue weighted by Gasteiger charge is -2.42. The fourth-order valence-electron chi connectivity index (χ4n) is 3.86. The molecule has 2 N–H and O–H groups in total. The Balaban J connectivity index is 1.72. The third-order valence-corrected chi connectivity index (χ3v) is 5.62. The highest BCUT2D eigenvalue weighted by atomic mass is 16.5. The molecule has 8 heteroatoms. The molecule has 2 heterocycles. The number of hydrogen-bond acceptors (Lipinski definition) is 6. The number of anilines is 3. The minimum atomic E-state index is -0.445. The summed E-state index contributed by atoms with van der Waals surface area (Å²) >= 11 is 0. The Morgan fingerprint density at radius 1 is 1.29 bits per heavy atom. The number of benzene rings is 1. The number of carbonyl (C=O) groups is 1. The Morgan fingerprint density at radius 3 is 2.71 bits per heavy atom. The van der Waals surface area contributed by atoms with Gasteiger partial charge in [-0.3, -0.25) is 9.80 Å². The molecular weight excluding hydrogens is 394 g/mol. The number of carbonyl (C=O) groups excluding carboxylic acids is 1. The molecule has 162 valence electrons. The van der Waals surface area contributed by atoms with Gasteiger partial charge in [-0.05, 0) is 44.5 Å². The van der Waals surface area contributed by atoms with Crippen molar-refractivity contribution in [3.8, 4) is 5.75 Å². The van der Waals surface area contributed by atoms with Crippen molar-refractivity contribution < 1.29 is 14.6 Å². The van der Waals surface area contributed by atoms with Crippen molar-refractivity contribution in [1.82, 2.24) is 9.97 Å². The van der Waals surface area contributed by atoms with E-state index in [-0.39, 0.29) is 24.7 Å². The lowest BCUT2D eigenvalue weighted by molar-refractivity contribution is 0.233. The van der Waals surface area contributed by atoms with E-state index >= 15 is 0 Å². The average Bonchev–Trinajstić information content (AvgIpc) is 2.80. The normalized spacial score (nSPS) is 21.1. The Hall–Kier alpha value is -3.39. The van der Waals surface area contributed by atoms with Crippen LogP contribution in [0.2, 0.25) is 0 Å². The number of amides is 2. The van der Waals surface area contributed by atoms with Gasteiger partial charge in [0.25, 0.3) is 0 Å². The summed E-state index contributed by atoms with van der Waals surface area (Å²) in [6.07, 6.45) is 10.7. The number of methoxy groups -OCH3 is 1. The van der Waals surface area contributed by atoms with E-state index in [9.17, 15) is 9.90 Å². The molecule has 2 aromatic rings. The molecule has 1 aliphatic heterocycles. The summed E-state index contributed by atoms with van der Waals surface area (Å²) in [7, 11) is 1.60. The number of hydrogen-bond donors (Lipinski definition) is 2. The number of nitrogens with zero attached hydrogens (tertiary/aromatic N) is 4. The molecule has 2 unspecified atom stereocenters. The van der Waals surface area contributed by atoms with Crippen molar-refractivity contribution in [3.05, 3.63) is 60.3 Å². The Bertz CT molecular complexity index is 1000. The summed E-state index contributed by atoms with van der Waals surface area (Å²) in [5.41, 5.74) is 1.56. The maximum absolute atomic E-state index is 13.6. The second kappa shape index (κ2) is 8.77. The lowest BCUT2D eigenvalue weighted by atomic mass is 10.0. The van der Waals surface area contributed by atoms with Crippen molar-refractivity contribution in [2.75, 3.05) is 28.8 Å². The van der Waals surface area contributed by atoms with Crippen molar-refractivity contribution in [2.45, 2.75) is 38.4 Å². The van der Waals surface area contributed by atoms with Crippen LogP contribution in [0.5, 0.6) is 5.75 Å². The van der Waals surface area contributed by atoms with E-state index < -0.39 is 6.04 Å². The van der Waals surface area contributed by atoms with Gasteiger partial charge >= 0.3 is 6.03 Å². The highest BCUT2D eigenvalue weighted by molar-refractivity contribution is 6.06. The largest absolute Gasteiger partial charge is 0.497 e. The predicted octanol–water partition coefficient (Wildman–Crippen LogP) is 3.67. The molecule has 0 saturated carbocycles. The van der Waals surface area contributed by atoms with Crippen LogP contribution in [0.25, 0.3) is 0 Å². The minimum Gasteiger partial charge on any atom is -0.497 e. The van der Waals surface area contributed by atoms with Crippen molar-refractivity contribution in [2.24, 2.45) is 0 Å². The van der Waals surface area contributed by atoms with E-state index in [4.69, 9.17) is 4.74 Å². The topological polar surface area (TPSA) is 90.8 Å². The zero-order valence-electron chi connectivity index (χ0n) is 17.9. The summed E-state index contributed by atoms with van der Waals surface area (Å²) in [6.45, 7) is 3.57. The molecular formula is C23H27N5O3. The quantitative estimate of drug-likeness (QED) is 0.740. The fraction of sp³-hybridized carbons (Fsp3) is 0.348. The van der Waals surface area contributed by atoms with Crippen LogP contribution >= 0.6 is 0 Å². The molecule has 1 aromatic carbocycles. The van der Waals surface area contributed by atoms with Gasteiger partial charge in [0.2, 0.25) is 5.95 Å². The number of rotatable bonds is 6. The van der Waals surface area contributed by atoms with Crippen LogP contribution < -0.4 is 19.9 Å². The predicted molar refractivity (Wildman–Crippen MR) is 121 cm³/mol. The number of aliphatic hydroxyl groups is 1.